The Hall–Kier alpha value is -4.80. The minimum Gasteiger partial charge on any atom is -0.462 e. The summed E-state index contributed by atoms with van der Waals surface area (Å²) >= 11 is 0. The molecule has 34 heavy (non-hydrogen) atoms. The van der Waals surface area contributed by atoms with Crippen molar-refractivity contribution in [3.05, 3.63) is 87.9 Å². The molecule has 2 heterocycles. The van der Waals surface area contributed by atoms with Crippen molar-refractivity contribution in [2.75, 3.05) is 11.9 Å². The second-order valence-corrected chi connectivity index (χ2v) is 7.20. The lowest BCUT2D eigenvalue weighted by Crippen LogP contribution is -2.35. The lowest BCUT2D eigenvalue weighted by Gasteiger charge is -2.12. The van der Waals surface area contributed by atoms with Gasteiger partial charge in [-0.25, -0.2) is 14.5 Å². The van der Waals surface area contributed by atoms with Crippen molar-refractivity contribution in [1.82, 2.24) is 15.1 Å². The number of amides is 1. The van der Waals surface area contributed by atoms with Gasteiger partial charge in [-0.1, -0.05) is 12.1 Å². The highest BCUT2D eigenvalue weighted by Gasteiger charge is 2.26. The van der Waals surface area contributed by atoms with E-state index in [1.54, 1.807) is 32.2 Å². The topological polar surface area (TPSA) is 141 Å². The van der Waals surface area contributed by atoms with Gasteiger partial charge in [0.25, 0.3) is 11.6 Å². The van der Waals surface area contributed by atoms with E-state index in [0.717, 1.165) is 0 Å². The number of benzene rings is 2. The Bertz CT molecular complexity index is 1340. The highest BCUT2D eigenvalue weighted by atomic mass is 16.6. The van der Waals surface area contributed by atoms with E-state index < -0.39 is 16.8 Å². The van der Waals surface area contributed by atoms with Gasteiger partial charge in [0.05, 0.1) is 28.6 Å². The lowest BCUT2D eigenvalue weighted by molar-refractivity contribution is -0.384. The molecule has 0 radical (unpaired) electrons. The van der Waals surface area contributed by atoms with Crippen molar-refractivity contribution >= 4 is 34.8 Å². The zero-order valence-corrected chi connectivity index (χ0v) is 18.3. The molecule has 0 aliphatic carbocycles. The molecule has 0 bridgehead atoms. The highest BCUT2D eigenvalue weighted by Crippen LogP contribution is 2.30. The molecular formula is C23H20N6O5. The number of allylic oxidation sites excluding steroid dienone is 1. The maximum atomic E-state index is 13.0. The Kier molecular flexibility index (Phi) is 6.17. The fourth-order valence-corrected chi connectivity index (χ4v) is 3.33. The summed E-state index contributed by atoms with van der Waals surface area (Å²) in [5.74, 6) is -1.19. The van der Waals surface area contributed by atoms with E-state index in [4.69, 9.17) is 4.74 Å². The van der Waals surface area contributed by atoms with Gasteiger partial charge in [0, 0.05) is 24.0 Å². The summed E-state index contributed by atoms with van der Waals surface area (Å²) in [6, 6.07) is 14.4. The lowest BCUT2D eigenvalue weighted by atomic mass is 10.2. The van der Waals surface area contributed by atoms with Crippen LogP contribution in [0, 0.1) is 10.1 Å². The van der Waals surface area contributed by atoms with Crippen molar-refractivity contribution in [2.24, 2.45) is 4.99 Å². The highest BCUT2D eigenvalue weighted by molar-refractivity contribution is 6.25. The third-order valence-corrected chi connectivity index (χ3v) is 4.93. The molecule has 0 saturated heterocycles. The van der Waals surface area contributed by atoms with E-state index in [-0.39, 0.29) is 29.4 Å². The van der Waals surface area contributed by atoms with Crippen LogP contribution < -0.4 is 10.6 Å². The second-order valence-electron chi connectivity index (χ2n) is 7.20. The number of hydrogen-bond acceptors (Lipinski definition) is 8. The zero-order chi connectivity index (χ0) is 24.2. The van der Waals surface area contributed by atoms with Crippen LogP contribution in [-0.4, -0.2) is 39.0 Å². The van der Waals surface area contributed by atoms with Crippen molar-refractivity contribution in [2.45, 2.75) is 13.8 Å². The first-order chi connectivity index (χ1) is 16.4. The SMILES string of the molecule is CCOC(=O)C1=C(C)Nc2ccccc2N=C1NC(=O)c1ccn(-c2ccc([N+](=O)[O-])cc2)n1. The first-order valence-electron chi connectivity index (χ1n) is 10.3. The Balaban J connectivity index is 1.64. The average Bonchev–Trinajstić information content (AvgIpc) is 3.26. The Morgan fingerprint density at radius 2 is 1.88 bits per heavy atom. The van der Waals surface area contributed by atoms with E-state index in [1.165, 1.54) is 35.0 Å². The molecule has 11 nitrogen and oxygen atoms in total. The summed E-state index contributed by atoms with van der Waals surface area (Å²) in [6.45, 7) is 3.54. The molecule has 1 aromatic heterocycles. The van der Waals surface area contributed by atoms with Crippen molar-refractivity contribution in [3.63, 3.8) is 0 Å². The third kappa shape index (κ3) is 4.53. The van der Waals surface area contributed by atoms with E-state index in [0.29, 0.717) is 22.8 Å². The summed E-state index contributed by atoms with van der Waals surface area (Å²) in [6.07, 6.45) is 1.55. The maximum absolute atomic E-state index is 13.0. The number of nitrogens with zero attached hydrogens (tertiary/aromatic N) is 4. The fraction of sp³-hybridized carbons (Fsp3) is 0.130. The van der Waals surface area contributed by atoms with Gasteiger partial charge in [0.2, 0.25) is 0 Å². The van der Waals surface area contributed by atoms with Gasteiger partial charge in [-0.15, -0.1) is 0 Å². The predicted molar refractivity (Wildman–Crippen MR) is 124 cm³/mol. The summed E-state index contributed by atoms with van der Waals surface area (Å²) in [5, 5.41) is 20.9. The molecule has 172 valence electrons. The molecule has 0 spiro atoms. The third-order valence-electron chi connectivity index (χ3n) is 4.93. The van der Waals surface area contributed by atoms with Crippen LogP contribution in [0.3, 0.4) is 0 Å². The summed E-state index contributed by atoms with van der Waals surface area (Å²) in [4.78, 5) is 40.5. The number of carbonyl (C=O) groups excluding carboxylic acids is 2. The second kappa shape index (κ2) is 9.36. The van der Waals surface area contributed by atoms with Crippen LogP contribution in [0.5, 0.6) is 0 Å². The molecule has 3 aromatic rings. The van der Waals surface area contributed by atoms with Crippen LogP contribution in [0.1, 0.15) is 24.3 Å². The maximum Gasteiger partial charge on any atom is 0.343 e. The van der Waals surface area contributed by atoms with E-state index in [9.17, 15) is 19.7 Å². The van der Waals surface area contributed by atoms with Crippen LogP contribution in [0.25, 0.3) is 5.69 Å². The Morgan fingerprint density at radius 1 is 1.15 bits per heavy atom. The van der Waals surface area contributed by atoms with E-state index in [1.807, 2.05) is 12.1 Å². The number of nitro groups is 1. The number of aromatic nitrogens is 2. The number of para-hydroxylation sites is 2. The van der Waals surface area contributed by atoms with Gasteiger partial charge in [0.15, 0.2) is 5.69 Å². The number of anilines is 1. The smallest absolute Gasteiger partial charge is 0.343 e. The van der Waals surface area contributed by atoms with Crippen LogP contribution in [0.4, 0.5) is 17.1 Å². The molecule has 4 rings (SSSR count). The van der Waals surface area contributed by atoms with Crippen molar-refractivity contribution in [1.29, 1.82) is 0 Å². The number of rotatable bonds is 5. The number of aliphatic imine (C=N–C) groups is 1. The number of nitro benzene ring substituents is 1. The molecule has 0 saturated carbocycles. The molecule has 0 unspecified atom stereocenters. The number of carbonyl (C=O) groups is 2. The number of esters is 1. The standard InChI is InChI=1S/C23H20N6O5/c1-3-34-23(31)20-14(2)24-17-6-4-5-7-18(17)25-21(20)26-22(30)19-12-13-28(27-19)15-8-10-16(11-9-15)29(32)33/h4-13,24H,3H2,1-2H3,(H,25,26,30). The first kappa shape index (κ1) is 22.4. The van der Waals surface area contributed by atoms with Crippen LogP contribution >= 0.6 is 0 Å². The molecule has 11 heteroatoms. The van der Waals surface area contributed by atoms with Crippen LogP contribution in [0.15, 0.2) is 77.1 Å². The fourth-order valence-electron chi connectivity index (χ4n) is 3.33. The largest absolute Gasteiger partial charge is 0.462 e. The van der Waals surface area contributed by atoms with E-state index >= 15 is 0 Å². The summed E-state index contributed by atoms with van der Waals surface area (Å²) < 4.78 is 6.59. The quantitative estimate of drug-likeness (QED) is 0.337. The van der Waals surface area contributed by atoms with Gasteiger partial charge in [0.1, 0.15) is 11.4 Å². The summed E-state index contributed by atoms with van der Waals surface area (Å²) in [7, 11) is 0. The number of amidine groups is 1. The van der Waals surface area contributed by atoms with Crippen molar-refractivity contribution in [3.8, 4) is 5.69 Å². The molecule has 0 fully saturated rings. The number of non-ortho nitro benzene ring substituents is 1. The predicted octanol–water partition coefficient (Wildman–Crippen LogP) is 3.50. The van der Waals surface area contributed by atoms with Gasteiger partial charge in [-0.3, -0.25) is 14.9 Å². The Morgan fingerprint density at radius 3 is 2.59 bits per heavy atom. The molecular weight excluding hydrogens is 440 g/mol. The molecule has 1 aliphatic heterocycles. The molecule has 1 aliphatic rings. The number of hydrogen-bond donors (Lipinski definition) is 2. The molecule has 0 atom stereocenters. The average molecular weight is 460 g/mol. The van der Waals surface area contributed by atoms with Gasteiger partial charge in [-0.2, -0.15) is 5.10 Å². The minimum absolute atomic E-state index is 0.0308. The van der Waals surface area contributed by atoms with Crippen LogP contribution in [0.2, 0.25) is 0 Å². The summed E-state index contributed by atoms with van der Waals surface area (Å²) in [5.41, 5.74) is 2.33. The first-order valence-corrected chi connectivity index (χ1v) is 10.3. The Labute approximate surface area is 193 Å². The normalized spacial score (nSPS) is 12.7. The molecule has 2 aromatic carbocycles. The van der Waals surface area contributed by atoms with E-state index in [2.05, 4.69) is 20.7 Å². The number of nitrogens with one attached hydrogen (secondary N) is 2. The monoisotopic (exact) mass is 460 g/mol. The minimum atomic E-state index is -0.629. The molecule has 1 amide bonds. The van der Waals surface area contributed by atoms with Gasteiger partial charge >= 0.3 is 5.97 Å². The van der Waals surface area contributed by atoms with Crippen molar-refractivity contribution < 1.29 is 19.2 Å². The van der Waals surface area contributed by atoms with Gasteiger partial charge in [-0.05, 0) is 44.2 Å². The number of fused-ring (bicyclic) bond motifs is 1. The van der Waals surface area contributed by atoms with Gasteiger partial charge < -0.3 is 15.4 Å². The molecule has 2 N–H and O–H groups in total. The van der Waals surface area contributed by atoms with Crippen LogP contribution in [-0.2, 0) is 9.53 Å². The number of ether oxygens (including phenoxy) is 1. The zero-order valence-electron chi connectivity index (χ0n) is 18.3.